The average Bonchev–Trinajstić information content (AvgIpc) is 2.60. The van der Waals surface area contributed by atoms with Crippen molar-refractivity contribution in [3.8, 4) is 5.75 Å². The number of carbonyl (C=O) groups excluding carboxylic acids is 2. The number of aromatic hydroxyl groups is 1. The fraction of sp³-hybridized carbons (Fsp3) is 0.0625. The number of nitroso groups, excluding NO2 is 1. The van der Waals surface area contributed by atoms with Crippen LogP contribution in [0.15, 0.2) is 52.7 Å². The topological polar surface area (TPSA) is 120 Å². The second kappa shape index (κ2) is 8.29. The van der Waals surface area contributed by atoms with Gasteiger partial charge in [-0.2, -0.15) is 5.10 Å². The average molecular weight is 344 g/mol. The Morgan fingerprint density at radius 1 is 1.20 bits per heavy atom. The number of nitrogens with zero attached hydrogens (tertiary/aromatic N) is 2. The summed E-state index contributed by atoms with van der Waals surface area (Å²) in [6.07, 6.45) is 1.24. The summed E-state index contributed by atoms with van der Waals surface area (Å²) in [5, 5.41) is 18.0. The van der Waals surface area contributed by atoms with Gasteiger partial charge in [0.2, 0.25) is 0 Å². The van der Waals surface area contributed by atoms with Crippen molar-refractivity contribution in [2.75, 3.05) is 6.54 Å². The molecule has 0 spiro atoms. The minimum Gasteiger partial charge on any atom is -0.506 e. The maximum Gasteiger partial charge on any atom is 0.259 e. The summed E-state index contributed by atoms with van der Waals surface area (Å²) in [6, 6.07) is 9.07. The van der Waals surface area contributed by atoms with Gasteiger partial charge in [0.05, 0.1) is 12.8 Å². The molecule has 2 rings (SSSR count). The first-order chi connectivity index (χ1) is 12.0. The van der Waals surface area contributed by atoms with E-state index in [0.29, 0.717) is 5.56 Å². The SMILES string of the molecule is O=Nc1ccc(C=NNC(=O)CNC(=O)c2cccc(F)c2)cc1O. The molecule has 0 radical (unpaired) electrons. The molecule has 0 saturated carbocycles. The quantitative estimate of drug-likeness (QED) is 0.420. The van der Waals surface area contributed by atoms with Gasteiger partial charge in [-0.05, 0) is 41.1 Å². The van der Waals surface area contributed by atoms with Gasteiger partial charge in [0, 0.05) is 5.56 Å². The number of hydrogen-bond donors (Lipinski definition) is 3. The lowest BCUT2D eigenvalue weighted by atomic mass is 10.2. The molecule has 2 aromatic rings. The lowest BCUT2D eigenvalue weighted by Crippen LogP contribution is -2.34. The summed E-state index contributed by atoms with van der Waals surface area (Å²) in [4.78, 5) is 33.7. The third kappa shape index (κ3) is 5.20. The Labute approximate surface area is 141 Å². The number of nitrogens with one attached hydrogen (secondary N) is 2. The van der Waals surface area contributed by atoms with E-state index >= 15 is 0 Å². The van der Waals surface area contributed by atoms with E-state index in [2.05, 4.69) is 21.0 Å². The molecule has 0 aliphatic heterocycles. The van der Waals surface area contributed by atoms with Crippen LogP contribution in [0.3, 0.4) is 0 Å². The van der Waals surface area contributed by atoms with E-state index in [4.69, 9.17) is 0 Å². The number of phenols is 1. The largest absolute Gasteiger partial charge is 0.506 e. The monoisotopic (exact) mass is 344 g/mol. The predicted octanol–water partition coefficient (Wildman–Crippen LogP) is 1.81. The number of hydrazone groups is 1. The maximum atomic E-state index is 13.0. The van der Waals surface area contributed by atoms with Crippen LogP contribution in [0, 0.1) is 10.7 Å². The molecule has 9 heteroatoms. The molecule has 128 valence electrons. The molecule has 8 nitrogen and oxygen atoms in total. The van der Waals surface area contributed by atoms with Crippen LogP contribution in [0.2, 0.25) is 0 Å². The number of rotatable bonds is 6. The first kappa shape index (κ1) is 17.7. The molecular formula is C16H13FN4O4. The predicted molar refractivity (Wildman–Crippen MR) is 88.0 cm³/mol. The van der Waals surface area contributed by atoms with Crippen LogP contribution >= 0.6 is 0 Å². The number of hydrogen-bond acceptors (Lipinski definition) is 6. The fourth-order valence-corrected chi connectivity index (χ4v) is 1.81. The van der Waals surface area contributed by atoms with Gasteiger partial charge in [0.1, 0.15) is 17.3 Å². The van der Waals surface area contributed by atoms with E-state index in [-0.39, 0.29) is 23.5 Å². The van der Waals surface area contributed by atoms with Crippen LogP contribution < -0.4 is 10.7 Å². The van der Waals surface area contributed by atoms with Crippen molar-refractivity contribution >= 4 is 23.7 Å². The Kier molecular flexibility index (Phi) is 5.88. The number of phenolic OH excluding ortho intramolecular Hbond substituents is 1. The summed E-state index contributed by atoms with van der Waals surface area (Å²) >= 11 is 0. The Hall–Kier alpha value is -3.62. The highest BCUT2D eigenvalue weighted by Crippen LogP contribution is 2.25. The molecule has 3 N–H and O–H groups in total. The van der Waals surface area contributed by atoms with Gasteiger partial charge in [-0.15, -0.1) is 4.91 Å². The summed E-state index contributed by atoms with van der Waals surface area (Å²) in [5.74, 6) is -2.06. The molecule has 0 bridgehead atoms. The van der Waals surface area contributed by atoms with E-state index in [1.165, 1.54) is 42.6 Å². The van der Waals surface area contributed by atoms with Gasteiger partial charge >= 0.3 is 0 Å². The van der Waals surface area contributed by atoms with Crippen molar-refractivity contribution in [1.82, 2.24) is 10.7 Å². The summed E-state index contributed by atoms with van der Waals surface area (Å²) in [6.45, 7) is -0.355. The highest BCUT2D eigenvalue weighted by Gasteiger charge is 2.08. The highest BCUT2D eigenvalue weighted by molar-refractivity contribution is 5.96. The zero-order chi connectivity index (χ0) is 18.2. The Balaban J connectivity index is 1.83. The van der Waals surface area contributed by atoms with E-state index in [1.54, 1.807) is 0 Å². The Morgan fingerprint density at radius 2 is 2.00 bits per heavy atom. The first-order valence-electron chi connectivity index (χ1n) is 7.01. The van der Waals surface area contributed by atoms with Crippen molar-refractivity contribution in [3.63, 3.8) is 0 Å². The molecule has 0 aliphatic carbocycles. The van der Waals surface area contributed by atoms with Gasteiger partial charge in [-0.1, -0.05) is 12.1 Å². The minimum absolute atomic E-state index is 0.0932. The molecule has 0 unspecified atom stereocenters. The molecular weight excluding hydrogens is 331 g/mol. The van der Waals surface area contributed by atoms with Gasteiger partial charge < -0.3 is 10.4 Å². The van der Waals surface area contributed by atoms with Crippen LogP contribution in [0.4, 0.5) is 10.1 Å². The van der Waals surface area contributed by atoms with E-state index in [1.807, 2.05) is 0 Å². The molecule has 0 aliphatic rings. The summed E-state index contributed by atoms with van der Waals surface area (Å²) in [5.41, 5.74) is 2.58. The smallest absolute Gasteiger partial charge is 0.259 e. The lowest BCUT2D eigenvalue weighted by Gasteiger charge is -2.04. The van der Waals surface area contributed by atoms with Crippen molar-refractivity contribution < 1.29 is 19.1 Å². The normalized spacial score (nSPS) is 10.4. The van der Waals surface area contributed by atoms with Crippen LogP contribution in [0.5, 0.6) is 5.75 Å². The number of carbonyl (C=O) groups is 2. The van der Waals surface area contributed by atoms with Gasteiger partial charge in [-0.25, -0.2) is 9.82 Å². The maximum absolute atomic E-state index is 13.0. The third-order valence-electron chi connectivity index (χ3n) is 3.00. The standard InChI is InChI=1S/C16H13FN4O4/c17-12-3-1-2-11(7-12)16(24)18-9-15(23)20-19-8-10-4-5-13(21-25)14(22)6-10/h1-8,22H,9H2,(H,18,24)(H,20,23). The number of amides is 2. The van der Waals surface area contributed by atoms with Crippen molar-refractivity contribution in [2.45, 2.75) is 0 Å². The molecule has 25 heavy (non-hydrogen) atoms. The number of halogens is 1. The van der Waals surface area contributed by atoms with Gasteiger partial charge in [0.25, 0.3) is 11.8 Å². The van der Waals surface area contributed by atoms with Gasteiger partial charge in [-0.3, -0.25) is 9.59 Å². The zero-order valence-corrected chi connectivity index (χ0v) is 12.8. The second-order valence-corrected chi connectivity index (χ2v) is 4.83. The number of benzene rings is 2. The van der Waals surface area contributed by atoms with Crippen molar-refractivity contribution in [2.24, 2.45) is 10.3 Å². The molecule has 2 amide bonds. The molecule has 0 aromatic heterocycles. The van der Waals surface area contributed by atoms with E-state index in [0.717, 1.165) is 6.07 Å². The molecule has 0 heterocycles. The third-order valence-corrected chi connectivity index (χ3v) is 3.00. The van der Waals surface area contributed by atoms with Crippen LogP contribution in [0.1, 0.15) is 15.9 Å². The van der Waals surface area contributed by atoms with Crippen LogP contribution in [0.25, 0.3) is 0 Å². The lowest BCUT2D eigenvalue weighted by molar-refractivity contribution is -0.120. The first-order valence-corrected chi connectivity index (χ1v) is 7.01. The van der Waals surface area contributed by atoms with Crippen molar-refractivity contribution in [3.05, 3.63) is 64.3 Å². The van der Waals surface area contributed by atoms with Gasteiger partial charge in [0.15, 0.2) is 0 Å². The zero-order valence-electron chi connectivity index (χ0n) is 12.8. The fourth-order valence-electron chi connectivity index (χ4n) is 1.81. The van der Waals surface area contributed by atoms with E-state index in [9.17, 15) is 24.0 Å². The molecule has 0 atom stereocenters. The second-order valence-electron chi connectivity index (χ2n) is 4.83. The van der Waals surface area contributed by atoms with Crippen molar-refractivity contribution in [1.29, 1.82) is 0 Å². The molecule has 2 aromatic carbocycles. The summed E-state index contributed by atoms with van der Waals surface area (Å²) in [7, 11) is 0. The Morgan fingerprint density at radius 3 is 2.68 bits per heavy atom. The van der Waals surface area contributed by atoms with E-state index < -0.39 is 17.6 Å². The van der Waals surface area contributed by atoms with Crippen LogP contribution in [-0.4, -0.2) is 29.7 Å². The highest BCUT2D eigenvalue weighted by atomic mass is 19.1. The minimum atomic E-state index is -0.601. The van der Waals surface area contributed by atoms with Crippen LogP contribution in [-0.2, 0) is 4.79 Å². The Bertz CT molecular complexity index is 839. The molecule has 0 saturated heterocycles. The summed E-state index contributed by atoms with van der Waals surface area (Å²) < 4.78 is 13.0. The molecule has 0 fully saturated rings.